The number of hydrogen-bond acceptors (Lipinski definition) is 6. The number of aromatic nitrogens is 5. The average molecular weight is 199 g/mol. The van der Waals surface area contributed by atoms with Crippen molar-refractivity contribution in [2.75, 3.05) is 0 Å². The second kappa shape index (κ2) is 2.81. The lowest BCUT2D eigenvalue weighted by atomic mass is 10.2. The van der Waals surface area contributed by atoms with Gasteiger partial charge in [0.05, 0.1) is 0 Å². The maximum absolute atomic E-state index is 9.65. The van der Waals surface area contributed by atoms with E-state index in [9.17, 15) is 5.11 Å². The molecular weight excluding hydrogens is 194 g/mol. The zero-order chi connectivity index (χ0) is 10.3. The van der Waals surface area contributed by atoms with E-state index in [0.29, 0.717) is 16.6 Å². The van der Waals surface area contributed by atoms with Gasteiger partial charge in [-0.2, -0.15) is 5.10 Å². The number of nitrogens with zero attached hydrogens (tertiary/aromatic N) is 5. The van der Waals surface area contributed by atoms with Gasteiger partial charge in [-0.05, 0) is 17.3 Å². The van der Waals surface area contributed by atoms with Crippen LogP contribution < -0.4 is 0 Å². The Kier molecular flexibility index (Phi) is 1.49. The number of benzene rings is 1. The first kappa shape index (κ1) is 7.98. The minimum atomic E-state index is 0.0514. The first-order chi connectivity index (χ1) is 7.36. The fourth-order valence-corrected chi connectivity index (χ4v) is 1.47. The average Bonchev–Trinajstić information content (AvgIpc) is 2.60. The summed E-state index contributed by atoms with van der Waals surface area (Å²) in [6, 6.07) is 5.11. The predicted molar refractivity (Wildman–Crippen MR) is 52.1 cm³/mol. The molecule has 0 atom stereocenters. The summed E-state index contributed by atoms with van der Waals surface area (Å²) in [6.45, 7) is 0. The zero-order valence-electron chi connectivity index (χ0n) is 7.49. The van der Waals surface area contributed by atoms with Crippen molar-refractivity contribution in [2.45, 2.75) is 0 Å². The van der Waals surface area contributed by atoms with Crippen molar-refractivity contribution in [2.24, 2.45) is 0 Å². The summed E-state index contributed by atoms with van der Waals surface area (Å²) in [4.78, 5) is 0. The van der Waals surface area contributed by atoms with Crippen LogP contribution in [0.4, 0.5) is 0 Å². The molecule has 6 heteroatoms. The molecule has 0 radical (unpaired) electrons. The molecule has 0 bridgehead atoms. The predicted octanol–water partition coefficient (Wildman–Crippen LogP) is 0.674. The summed E-state index contributed by atoms with van der Waals surface area (Å²) in [5.74, 6) is 0.0514. The number of fused-ring (bicyclic) bond motifs is 3. The Morgan fingerprint density at radius 1 is 1.00 bits per heavy atom. The minimum Gasteiger partial charge on any atom is -0.506 e. The van der Waals surface area contributed by atoms with Crippen molar-refractivity contribution in [3.8, 4) is 5.75 Å². The van der Waals surface area contributed by atoms with Gasteiger partial charge < -0.3 is 5.11 Å². The lowest BCUT2D eigenvalue weighted by Gasteiger charge is -1.94. The molecule has 2 aromatic heterocycles. The van der Waals surface area contributed by atoms with Crippen LogP contribution >= 0.6 is 0 Å². The molecule has 0 saturated heterocycles. The van der Waals surface area contributed by atoms with Crippen LogP contribution in [0.2, 0.25) is 0 Å². The molecule has 3 rings (SSSR count). The highest BCUT2D eigenvalue weighted by atomic mass is 16.3. The van der Waals surface area contributed by atoms with Gasteiger partial charge in [0, 0.05) is 11.6 Å². The lowest BCUT2D eigenvalue weighted by Crippen LogP contribution is -1.79. The Morgan fingerprint density at radius 2 is 1.87 bits per heavy atom. The molecule has 15 heavy (non-hydrogen) atoms. The molecule has 0 aliphatic carbocycles. The smallest absolute Gasteiger partial charge is 0.159 e. The Labute approximate surface area is 83.6 Å². The van der Waals surface area contributed by atoms with Crippen LogP contribution in [0.25, 0.3) is 21.9 Å². The molecule has 1 aromatic carbocycles. The second-order valence-electron chi connectivity index (χ2n) is 3.04. The Bertz CT molecular complexity index is 654. The molecular formula is C9H5N5O. The number of phenols is 1. The summed E-state index contributed by atoms with van der Waals surface area (Å²) in [6.07, 6.45) is 1.56. The topological polar surface area (TPSA) is 84.7 Å². The molecule has 2 heterocycles. The van der Waals surface area contributed by atoms with E-state index in [1.54, 1.807) is 24.4 Å². The molecule has 1 N–H and O–H groups in total. The third kappa shape index (κ3) is 1.08. The molecule has 0 aliphatic rings. The molecule has 0 saturated carbocycles. The van der Waals surface area contributed by atoms with Crippen molar-refractivity contribution in [1.29, 1.82) is 0 Å². The number of hydrogen-bond donors (Lipinski definition) is 1. The fourth-order valence-electron chi connectivity index (χ4n) is 1.47. The van der Waals surface area contributed by atoms with Crippen molar-refractivity contribution in [3.05, 3.63) is 24.4 Å². The van der Waals surface area contributed by atoms with Crippen molar-refractivity contribution in [3.63, 3.8) is 0 Å². The molecule has 0 aliphatic heterocycles. The first-order valence-corrected chi connectivity index (χ1v) is 4.29. The van der Waals surface area contributed by atoms with Gasteiger partial charge in [-0.3, -0.25) is 0 Å². The quantitative estimate of drug-likeness (QED) is 0.572. The van der Waals surface area contributed by atoms with Crippen molar-refractivity contribution in [1.82, 2.24) is 25.6 Å². The minimum absolute atomic E-state index is 0.0514. The van der Waals surface area contributed by atoms with E-state index in [1.807, 2.05) is 0 Å². The largest absolute Gasteiger partial charge is 0.506 e. The van der Waals surface area contributed by atoms with E-state index in [4.69, 9.17) is 0 Å². The van der Waals surface area contributed by atoms with Crippen LogP contribution in [-0.2, 0) is 0 Å². The van der Waals surface area contributed by atoms with Gasteiger partial charge in [0.2, 0.25) is 0 Å². The highest BCUT2D eigenvalue weighted by molar-refractivity contribution is 6.03. The normalized spacial score (nSPS) is 10.9. The van der Waals surface area contributed by atoms with Crippen LogP contribution in [0.3, 0.4) is 0 Å². The third-order valence-electron chi connectivity index (χ3n) is 2.13. The molecule has 0 fully saturated rings. The monoisotopic (exact) mass is 199 g/mol. The Morgan fingerprint density at radius 3 is 2.80 bits per heavy atom. The maximum atomic E-state index is 9.65. The Hall–Kier alpha value is -2.37. The summed E-state index contributed by atoms with van der Waals surface area (Å²) in [5.41, 5.74) is 1.40. The fraction of sp³-hybridized carbons (Fsp3) is 0. The van der Waals surface area contributed by atoms with Crippen LogP contribution in [0.1, 0.15) is 0 Å². The van der Waals surface area contributed by atoms with Crippen LogP contribution in [0.5, 0.6) is 5.75 Å². The molecule has 0 spiro atoms. The van der Waals surface area contributed by atoms with E-state index in [-0.39, 0.29) is 5.75 Å². The Balaban J connectivity index is 2.66. The molecule has 0 amide bonds. The van der Waals surface area contributed by atoms with Gasteiger partial charge in [0.25, 0.3) is 0 Å². The zero-order valence-corrected chi connectivity index (χ0v) is 7.49. The van der Waals surface area contributed by atoms with Gasteiger partial charge in [0.15, 0.2) is 5.52 Å². The molecule has 6 nitrogen and oxygen atoms in total. The third-order valence-corrected chi connectivity index (χ3v) is 2.13. The molecule has 72 valence electrons. The second-order valence-corrected chi connectivity index (χ2v) is 3.04. The van der Waals surface area contributed by atoms with Gasteiger partial charge in [-0.15, -0.1) is 15.3 Å². The molecule has 3 aromatic rings. The number of aromatic hydroxyl groups is 1. The highest BCUT2D eigenvalue weighted by Gasteiger charge is 2.10. The van der Waals surface area contributed by atoms with Crippen LogP contribution in [0.15, 0.2) is 24.4 Å². The van der Waals surface area contributed by atoms with Crippen molar-refractivity contribution >= 4 is 21.9 Å². The van der Waals surface area contributed by atoms with Crippen molar-refractivity contribution < 1.29 is 5.11 Å². The maximum Gasteiger partial charge on any atom is 0.159 e. The standard InChI is InChI=1S/C9H5N5O/c15-6-4-5-2-1-3-10-11-7(5)9-8(6)12-14-13-9/h1-4,15H. The van der Waals surface area contributed by atoms with E-state index in [2.05, 4.69) is 25.6 Å². The van der Waals surface area contributed by atoms with Gasteiger partial charge in [-0.1, -0.05) is 6.07 Å². The van der Waals surface area contributed by atoms with Crippen LogP contribution in [-0.4, -0.2) is 30.7 Å². The van der Waals surface area contributed by atoms with E-state index >= 15 is 0 Å². The highest BCUT2D eigenvalue weighted by Crippen LogP contribution is 2.27. The van der Waals surface area contributed by atoms with E-state index < -0.39 is 0 Å². The number of phenolic OH excluding ortho intramolecular Hbond substituents is 1. The summed E-state index contributed by atoms with van der Waals surface area (Å²) in [5, 5.41) is 29.2. The SMILES string of the molecule is Oc1cc2cccnnc2c2nnnc12. The van der Waals surface area contributed by atoms with Crippen LogP contribution in [0, 0.1) is 0 Å². The lowest BCUT2D eigenvalue weighted by molar-refractivity contribution is 0.481. The summed E-state index contributed by atoms with van der Waals surface area (Å²) < 4.78 is 0. The summed E-state index contributed by atoms with van der Waals surface area (Å²) >= 11 is 0. The van der Waals surface area contributed by atoms with Gasteiger partial charge >= 0.3 is 0 Å². The van der Waals surface area contributed by atoms with E-state index in [1.165, 1.54) is 0 Å². The molecule has 0 unspecified atom stereocenters. The summed E-state index contributed by atoms with van der Waals surface area (Å²) in [7, 11) is 0. The van der Waals surface area contributed by atoms with E-state index in [0.717, 1.165) is 5.39 Å². The first-order valence-electron chi connectivity index (χ1n) is 4.29. The van der Waals surface area contributed by atoms with Gasteiger partial charge in [0.1, 0.15) is 16.8 Å². The number of rotatable bonds is 0. The van der Waals surface area contributed by atoms with Gasteiger partial charge in [-0.25, -0.2) is 0 Å².